The first-order chi connectivity index (χ1) is 15.2. The van der Waals surface area contributed by atoms with Crippen LogP contribution in [-0.4, -0.2) is 41.3 Å². The van der Waals surface area contributed by atoms with E-state index < -0.39 is 29.4 Å². The molecule has 2 aromatic carbocycles. The van der Waals surface area contributed by atoms with E-state index in [2.05, 4.69) is 10.1 Å². The van der Waals surface area contributed by atoms with Crippen LogP contribution in [0.25, 0.3) is 22.0 Å². The molecule has 2 aromatic heterocycles. The Labute approximate surface area is 189 Å². The van der Waals surface area contributed by atoms with Gasteiger partial charge >= 0.3 is 0 Å². The molecule has 0 aliphatic carbocycles. The van der Waals surface area contributed by atoms with Gasteiger partial charge in [-0.25, -0.2) is 8.78 Å². The third kappa shape index (κ3) is 3.03. The van der Waals surface area contributed by atoms with Gasteiger partial charge in [0.15, 0.2) is 0 Å². The minimum absolute atomic E-state index is 0.155. The number of pyridine rings is 1. The highest BCUT2D eigenvalue weighted by atomic mass is 35.5. The van der Waals surface area contributed by atoms with Crippen LogP contribution < -0.4 is 0 Å². The van der Waals surface area contributed by atoms with Crippen LogP contribution >= 0.6 is 11.6 Å². The maximum atomic E-state index is 15.1. The lowest BCUT2D eigenvalue weighted by Gasteiger charge is -2.33. The van der Waals surface area contributed by atoms with Gasteiger partial charge < -0.3 is 4.90 Å². The topological polar surface area (TPSA) is 51.0 Å². The zero-order valence-electron chi connectivity index (χ0n) is 16.8. The molecule has 1 amide bonds. The molecule has 0 bridgehead atoms. The minimum Gasteiger partial charge on any atom is -0.340 e. The van der Waals surface area contributed by atoms with Crippen molar-refractivity contribution in [3.8, 4) is 11.1 Å². The quantitative estimate of drug-likeness (QED) is 0.453. The highest BCUT2D eigenvalue weighted by molar-refractivity contribution is 6.42. The number of halogens is 3. The molecule has 154 valence electrons. The first-order valence-electron chi connectivity index (χ1n) is 9.64. The van der Waals surface area contributed by atoms with Crippen LogP contribution in [0, 0.1) is 11.6 Å². The summed E-state index contributed by atoms with van der Waals surface area (Å²) in [5.74, 6) is -2.21. The summed E-state index contributed by atoms with van der Waals surface area (Å²) in [6.07, 6.45) is 3.18. The van der Waals surface area contributed by atoms with Crippen molar-refractivity contribution in [1.29, 1.82) is 0 Å². The fraction of sp³-hybridized carbons (Fsp3) is 0.136. The lowest BCUT2D eigenvalue weighted by molar-refractivity contribution is 0.0727. The predicted octanol–water partition coefficient (Wildman–Crippen LogP) is 3.67. The van der Waals surface area contributed by atoms with Gasteiger partial charge in [0.25, 0.3) is 5.91 Å². The highest BCUT2D eigenvalue weighted by Crippen LogP contribution is 2.37. The minimum atomic E-state index is -1.79. The zero-order valence-corrected chi connectivity index (χ0v) is 17.6. The van der Waals surface area contributed by atoms with Crippen LogP contribution in [0.1, 0.15) is 21.6 Å². The van der Waals surface area contributed by atoms with Crippen molar-refractivity contribution in [2.45, 2.75) is 11.9 Å². The Kier molecular flexibility index (Phi) is 4.64. The maximum absolute atomic E-state index is 15.1. The van der Waals surface area contributed by atoms with Crippen molar-refractivity contribution in [1.82, 2.24) is 19.7 Å². The van der Waals surface area contributed by atoms with Gasteiger partial charge in [0.05, 0.1) is 38.5 Å². The second-order valence-electron chi connectivity index (χ2n) is 7.69. The third-order valence-electron chi connectivity index (χ3n) is 5.62. The molecule has 32 heavy (non-hydrogen) atoms. The molecule has 1 aliphatic rings. The normalized spacial score (nSPS) is 14.9. The Hall–Kier alpha value is -3.19. The van der Waals surface area contributed by atoms with Gasteiger partial charge in [0, 0.05) is 35.7 Å². The molecule has 10 heteroatoms. The van der Waals surface area contributed by atoms with E-state index in [1.165, 1.54) is 24.4 Å². The van der Waals surface area contributed by atoms with Gasteiger partial charge in [0.1, 0.15) is 17.2 Å². The fourth-order valence-corrected chi connectivity index (χ4v) is 4.25. The Balaban J connectivity index is 1.55. The lowest BCUT2D eigenvalue weighted by Crippen LogP contribution is -2.45. The summed E-state index contributed by atoms with van der Waals surface area (Å²) in [6.45, 7) is -0.455. The van der Waals surface area contributed by atoms with Gasteiger partial charge in [-0.05, 0) is 41.5 Å². The van der Waals surface area contributed by atoms with E-state index in [9.17, 15) is 4.79 Å². The molecular weight excluding hydrogens is 431 g/mol. The summed E-state index contributed by atoms with van der Waals surface area (Å²) < 4.78 is 31.8. The molecule has 5 rings (SSSR count). The Morgan fingerprint density at radius 2 is 1.84 bits per heavy atom. The van der Waals surface area contributed by atoms with E-state index in [4.69, 9.17) is 27.3 Å². The van der Waals surface area contributed by atoms with Crippen molar-refractivity contribution in [2.75, 3.05) is 0 Å². The van der Waals surface area contributed by atoms with Crippen LogP contribution in [0.4, 0.5) is 8.78 Å². The summed E-state index contributed by atoms with van der Waals surface area (Å²) in [5, 5.41) is 3.60. The number of carbonyl (C=O) groups is 1. The molecule has 0 N–H and O–H groups in total. The van der Waals surface area contributed by atoms with E-state index >= 15 is 8.78 Å². The summed E-state index contributed by atoms with van der Waals surface area (Å²) in [4.78, 5) is 17.8. The zero-order chi connectivity index (χ0) is 22.8. The average molecular weight is 444 g/mol. The van der Waals surface area contributed by atoms with Crippen LogP contribution in [0.15, 0.2) is 48.8 Å². The molecule has 0 saturated carbocycles. The number of rotatable bonds is 3. The van der Waals surface area contributed by atoms with Crippen LogP contribution in [0.2, 0.25) is 5.02 Å². The van der Waals surface area contributed by atoms with Gasteiger partial charge in [-0.3, -0.25) is 14.5 Å². The number of amides is 1. The van der Waals surface area contributed by atoms with Crippen molar-refractivity contribution in [2.24, 2.45) is 7.05 Å². The Bertz CT molecular complexity index is 1400. The first-order valence-corrected chi connectivity index (χ1v) is 10.0. The highest BCUT2D eigenvalue weighted by Gasteiger charge is 2.43. The molecule has 5 nitrogen and oxygen atoms in total. The summed E-state index contributed by atoms with van der Waals surface area (Å²) >= 11 is 6.20. The SMILES string of the molecule is [B]C1([B])c2ncccc2C(=O)N1Cc1c(F)cc(-c2ccc(Cl)c3nn(C)cc23)cc1F. The molecule has 0 fully saturated rings. The smallest absolute Gasteiger partial charge is 0.255 e. The summed E-state index contributed by atoms with van der Waals surface area (Å²) in [5.41, 5.74) is 1.44. The molecule has 1 aliphatic heterocycles. The molecule has 0 spiro atoms. The molecule has 0 atom stereocenters. The largest absolute Gasteiger partial charge is 0.340 e. The van der Waals surface area contributed by atoms with E-state index in [1.54, 1.807) is 36.1 Å². The number of aryl methyl sites for hydroxylation is 1. The number of carbonyl (C=O) groups excluding carboxylic acids is 1. The van der Waals surface area contributed by atoms with E-state index in [-0.39, 0.29) is 16.8 Å². The summed E-state index contributed by atoms with van der Waals surface area (Å²) in [7, 11) is 14.0. The van der Waals surface area contributed by atoms with Crippen LogP contribution in [0.5, 0.6) is 0 Å². The number of hydrogen-bond donors (Lipinski definition) is 0. The molecule has 3 heterocycles. The van der Waals surface area contributed by atoms with E-state index in [0.717, 1.165) is 4.90 Å². The van der Waals surface area contributed by atoms with Crippen molar-refractivity contribution >= 4 is 44.1 Å². The average Bonchev–Trinajstić information content (AvgIpc) is 3.22. The predicted molar refractivity (Wildman–Crippen MR) is 118 cm³/mol. The summed E-state index contributed by atoms with van der Waals surface area (Å²) in [6, 6.07) is 8.80. The second-order valence-corrected chi connectivity index (χ2v) is 8.10. The van der Waals surface area contributed by atoms with Crippen LogP contribution in [-0.2, 0) is 18.9 Å². The van der Waals surface area contributed by atoms with Crippen molar-refractivity contribution in [3.05, 3.63) is 82.3 Å². The second kappa shape index (κ2) is 7.17. The number of benzene rings is 2. The third-order valence-corrected chi connectivity index (χ3v) is 5.92. The molecule has 0 saturated heterocycles. The molecule has 4 aromatic rings. The van der Waals surface area contributed by atoms with Gasteiger partial charge in [-0.15, -0.1) is 0 Å². The number of hydrogen-bond acceptors (Lipinski definition) is 3. The van der Waals surface area contributed by atoms with Crippen molar-refractivity contribution < 1.29 is 13.6 Å². The molecule has 4 radical (unpaired) electrons. The maximum Gasteiger partial charge on any atom is 0.255 e. The Morgan fingerprint density at radius 3 is 2.53 bits per heavy atom. The standard InChI is InChI=1S/C22H13B2ClF2N4O/c1-30-9-14-12(4-5-16(25)19(14)29-30)11-7-17(26)15(18(27)8-11)10-31-21(32)13-3-2-6-28-20(13)22(31,23)24/h2-9H,10H2,1H3. The number of aromatic nitrogens is 3. The Morgan fingerprint density at radius 1 is 1.12 bits per heavy atom. The fourth-order valence-electron chi connectivity index (χ4n) is 4.05. The van der Waals surface area contributed by atoms with Crippen LogP contribution in [0.3, 0.4) is 0 Å². The molecular formula is C22H13B2ClF2N4O. The van der Waals surface area contributed by atoms with Crippen molar-refractivity contribution in [3.63, 3.8) is 0 Å². The van der Waals surface area contributed by atoms with E-state index in [1.807, 2.05) is 0 Å². The van der Waals surface area contributed by atoms with Gasteiger partial charge in [0.2, 0.25) is 0 Å². The van der Waals surface area contributed by atoms with Gasteiger partial charge in [-0.1, -0.05) is 17.7 Å². The lowest BCUT2D eigenvalue weighted by atomic mass is 9.59. The first kappa shape index (κ1) is 20.7. The monoisotopic (exact) mass is 444 g/mol. The van der Waals surface area contributed by atoms with E-state index in [0.29, 0.717) is 27.1 Å². The number of fused-ring (bicyclic) bond motifs is 2. The number of nitrogens with zero attached hydrogens (tertiary/aromatic N) is 4. The van der Waals surface area contributed by atoms with Gasteiger partial charge in [-0.2, -0.15) is 5.10 Å². The molecule has 0 unspecified atom stereocenters.